The average Bonchev–Trinajstić information content (AvgIpc) is 2.24. The Bertz CT molecular complexity index is 368. The van der Waals surface area contributed by atoms with Crippen molar-refractivity contribution in [3.8, 4) is 0 Å². The smallest absolute Gasteiger partial charge is 0.340 e. The molecule has 0 aromatic rings. The van der Waals surface area contributed by atoms with Crippen molar-refractivity contribution in [3.05, 3.63) is 0 Å². The predicted octanol–water partition coefficient (Wildman–Crippen LogP) is 0.898. The lowest BCUT2D eigenvalue weighted by Crippen LogP contribution is -2.40. The number of aliphatic carboxylic acids is 2. The highest BCUT2D eigenvalue weighted by Gasteiger charge is 2.49. The van der Waals surface area contributed by atoms with Gasteiger partial charge in [-0.05, 0) is 18.8 Å². The van der Waals surface area contributed by atoms with Crippen molar-refractivity contribution in [1.82, 2.24) is 0 Å². The highest BCUT2D eigenvalue weighted by atomic mass is 31.2. The number of carboxylic acids is 2. The van der Waals surface area contributed by atoms with Gasteiger partial charge in [0.05, 0.1) is 5.92 Å². The fourth-order valence-electron chi connectivity index (χ4n) is 2.59. The van der Waals surface area contributed by atoms with Gasteiger partial charge in [0.15, 0.2) is 5.66 Å². The van der Waals surface area contributed by atoms with Crippen molar-refractivity contribution in [1.29, 1.82) is 0 Å². The number of carboxylic acid groups (broad SMARTS) is 2. The maximum absolute atomic E-state index is 11.2. The van der Waals surface area contributed by atoms with Crippen LogP contribution in [0.4, 0.5) is 0 Å². The summed E-state index contributed by atoms with van der Waals surface area (Å²) in [6.07, 6.45) is 3.47. The van der Waals surface area contributed by atoms with Crippen molar-refractivity contribution < 1.29 is 34.2 Å². The summed E-state index contributed by atoms with van der Waals surface area (Å²) >= 11 is 0. The minimum atomic E-state index is -4.99. The van der Waals surface area contributed by atoms with E-state index < -0.39 is 37.0 Å². The van der Waals surface area contributed by atoms with Crippen LogP contribution in [0.1, 0.15) is 32.1 Å². The lowest BCUT2D eigenvalue weighted by molar-refractivity contribution is -0.150. The molecule has 1 rings (SSSR count). The van der Waals surface area contributed by atoms with Gasteiger partial charge in [0.1, 0.15) is 0 Å². The first-order valence-electron chi connectivity index (χ1n) is 5.76. The first kappa shape index (κ1) is 15.1. The lowest BCUT2D eigenvalue weighted by Gasteiger charge is -2.31. The lowest BCUT2D eigenvalue weighted by atomic mass is 9.78. The summed E-state index contributed by atoms with van der Waals surface area (Å²) in [5, 5.41) is 18.0. The van der Waals surface area contributed by atoms with Crippen LogP contribution in [0.3, 0.4) is 0 Å². The van der Waals surface area contributed by atoms with Crippen LogP contribution in [0.2, 0.25) is 0 Å². The van der Waals surface area contributed by atoms with E-state index in [1.54, 1.807) is 0 Å². The Kier molecular flexibility index (Phi) is 4.90. The van der Waals surface area contributed by atoms with E-state index in [0.717, 1.165) is 19.3 Å². The molecular formula is C10H17O7P. The second kappa shape index (κ2) is 5.82. The van der Waals surface area contributed by atoms with Crippen molar-refractivity contribution in [3.63, 3.8) is 0 Å². The van der Waals surface area contributed by atoms with Crippen LogP contribution in [0.15, 0.2) is 0 Å². The SMILES string of the molecule is O=C(O)C(C1CCCCC1)C(C(=O)O)P(=O)(O)O. The molecule has 2 unspecified atom stereocenters. The summed E-state index contributed by atoms with van der Waals surface area (Å²) in [5.41, 5.74) is -2.15. The molecule has 0 aliphatic heterocycles. The van der Waals surface area contributed by atoms with Gasteiger partial charge in [0, 0.05) is 0 Å². The topological polar surface area (TPSA) is 132 Å². The van der Waals surface area contributed by atoms with E-state index in [-0.39, 0.29) is 0 Å². The zero-order chi connectivity index (χ0) is 13.9. The monoisotopic (exact) mass is 280 g/mol. The Labute approximate surface area is 104 Å². The molecule has 0 spiro atoms. The minimum Gasteiger partial charge on any atom is -0.481 e. The number of carbonyl (C=O) groups is 2. The molecule has 1 saturated carbocycles. The molecule has 8 heteroatoms. The summed E-state index contributed by atoms with van der Waals surface area (Å²) < 4.78 is 11.2. The fourth-order valence-corrected chi connectivity index (χ4v) is 3.67. The number of rotatable bonds is 5. The molecule has 1 aliphatic rings. The van der Waals surface area contributed by atoms with Crippen LogP contribution in [0.5, 0.6) is 0 Å². The van der Waals surface area contributed by atoms with E-state index in [0.29, 0.717) is 12.8 Å². The molecule has 0 heterocycles. The summed E-state index contributed by atoms with van der Waals surface area (Å²) in [4.78, 5) is 40.3. The fraction of sp³-hybridized carbons (Fsp3) is 0.800. The molecule has 7 nitrogen and oxygen atoms in total. The third-order valence-corrected chi connectivity index (χ3v) is 4.67. The van der Waals surface area contributed by atoms with Crippen LogP contribution in [0.25, 0.3) is 0 Å². The minimum absolute atomic E-state index is 0.482. The van der Waals surface area contributed by atoms with Gasteiger partial charge in [-0.25, -0.2) is 0 Å². The molecule has 1 fully saturated rings. The van der Waals surface area contributed by atoms with Gasteiger partial charge >= 0.3 is 19.5 Å². The molecule has 0 aromatic heterocycles. The third-order valence-electron chi connectivity index (χ3n) is 3.40. The standard InChI is InChI=1S/C10H17O7P/c11-9(12)7(6-4-2-1-3-5-6)8(10(13)14)18(15,16)17/h6-8H,1-5H2,(H,11,12)(H,13,14)(H2,15,16,17). The van der Waals surface area contributed by atoms with Gasteiger partial charge in [0.25, 0.3) is 0 Å². The van der Waals surface area contributed by atoms with Crippen LogP contribution in [-0.2, 0) is 14.2 Å². The van der Waals surface area contributed by atoms with Crippen LogP contribution >= 0.6 is 7.60 Å². The molecular weight excluding hydrogens is 263 g/mol. The Morgan fingerprint density at radius 2 is 1.50 bits per heavy atom. The summed E-state index contributed by atoms with van der Waals surface area (Å²) in [6, 6.07) is 0. The van der Waals surface area contributed by atoms with Crippen molar-refractivity contribution >= 4 is 19.5 Å². The van der Waals surface area contributed by atoms with E-state index in [2.05, 4.69) is 0 Å². The zero-order valence-corrected chi connectivity index (χ0v) is 10.6. The van der Waals surface area contributed by atoms with Crippen molar-refractivity contribution in [2.75, 3.05) is 0 Å². The van der Waals surface area contributed by atoms with Crippen LogP contribution < -0.4 is 0 Å². The van der Waals surface area contributed by atoms with Crippen LogP contribution in [0, 0.1) is 11.8 Å². The van der Waals surface area contributed by atoms with E-state index in [9.17, 15) is 14.2 Å². The van der Waals surface area contributed by atoms with Gasteiger partial charge < -0.3 is 20.0 Å². The van der Waals surface area contributed by atoms with Crippen molar-refractivity contribution in [2.45, 2.75) is 37.8 Å². The molecule has 0 aromatic carbocycles. The highest BCUT2D eigenvalue weighted by Crippen LogP contribution is 2.49. The first-order chi connectivity index (χ1) is 8.25. The Balaban J connectivity index is 3.04. The maximum Gasteiger partial charge on any atom is 0.340 e. The summed E-state index contributed by atoms with van der Waals surface area (Å²) in [7, 11) is -4.99. The molecule has 4 N–H and O–H groups in total. The first-order valence-corrected chi connectivity index (χ1v) is 7.44. The Morgan fingerprint density at radius 3 is 1.83 bits per heavy atom. The molecule has 18 heavy (non-hydrogen) atoms. The molecule has 104 valence electrons. The van der Waals surface area contributed by atoms with Gasteiger partial charge in [-0.2, -0.15) is 0 Å². The summed E-state index contributed by atoms with van der Waals surface area (Å²) in [6.45, 7) is 0. The molecule has 0 radical (unpaired) electrons. The Morgan fingerprint density at radius 1 is 1.00 bits per heavy atom. The molecule has 0 amide bonds. The van der Waals surface area contributed by atoms with Crippen LogP contribution in [-0.4, -0.2) is 37.6 Å². The predicted molar refractivity (Wildman–Crippen MR) is 61.2 cm³/mol. The van der Waals surface area contributed by atoms with Gasteiger partial charge in [-0.3, -0.25) is 14.2 Å². The second-order valence-electron chi connectivity index (χ2n) is 4.63. The Hall–Kier alpha value is -0.910. The van der Waals surface area contributed by atoms with E-state index in [1.807, 2.05) is 0 Å². The number of hydrogen-bond acceptors (Lipinski definition) is 3. The molecule has 1 aliphatic carbocycles. The van der Waals surface area contributed by atoms with Gasteiger partial charge in [0.2, 0.25) is 0 Å². The molecule has 0 bridgehead atoms. The third kappa shape index (κ3) is 3.54. The van der Waals surface area contributed by atoms with E-state index in [4.69, 9.17) is 20.0 Å². The van der Waals surface area contributed by atoms with Crippen molar-refractivity contribution in [2.24, 2.45) is 11.8 Å². The zero-order valence-electron chi connectivity index (χ0n) is 9.73. The largest absolute Gasteiger partial charge is 0.481 e. The van der Waals surface area contributed by atoms with E-state index in [1.165, 1.54) is 0 Å². The van der Waals surface area contributed by atoms with Gasteiger partial charge in [-0.1, -0.05) is 19.3 Å². The quantitative estimate of drug-likeness (QED) is 0.550. The van der Waals surface area contributed by atoms with Gasteiger partial charge in [-0.15, -0.1) is 0 Å². The summed E-state index contributed by atoms with van der Waals surface area (Å²) in [5.74, 6) is -5.20. The maximum atomic E-state index is 11.2. The number of hydrogen-bond donors (Lipinski definition) is 4. The molecule has 0 saturated heterocycles. The second-order valence-corrected chi connectivity index (χ2v) is 6.37. The molecule has 2 atom stereocenters. The van der Waals surface area contributed by atoms with E-state index >= 15 is 0 Å². The normalized spacial score (nSPS) is 21.2. The average molecular weight is 280 g/mol. The highest BCUT2D eigenvalue weighted by molar-refractivity contribution is 7.53.